The molecule has 3 aromatic rings. The van der Waals surface area contributed by atoms with Gasteiger partial charge in [-0.1, -0.05) is 12.1 Å². The van der Waals surface area contributed by atoms with Crippen molar-refractivity contribution in [1.82, 2.24) is 9.47 Å². The largest absolute Gasteiger partial charge is 0.346 e. The number of benzene rings is 2. The highest BCUT2D eigenvalue weighted by atomic mass is 19.1. The van der Waals surface area contributed by atoms with Gasteiger partial charge in [0, 0.05) is 25.0 Å². The number of hydrogen-bond acceptors (Lipinski definition) is 2. The zero-order valence-electron chi connectivity index (χ0n) is 14.1. The third-order valence-corrected chi connectivity index (χ3v) is 4.01. The van der Waals surface area contributed by atoms with E-state index in [1.807, 2.05) is 38.5 Å². The van der Waals surface area contributed by atoms with Crippen LogP contribution in [0.4, 0.5) is 14.5 Å². The topological polar surface area (TPSA) is 37.3 Å². The predicted octanol–water partition coefficient (Wildman–Crippen LogP) is 3.73. The Kier molecular flexibility index (Phi) is 4.81. The fourth-order valence-electron chi connectivity index (χ4n) is 2.67. The number of carbonyl (C=O) groups is 1. The van der Waals surface area contributed by atoms with Crippen LogP contribution in [0.2, 0.25) is 0 Å². The molecule has 25 heavy (non-hydrogen) atoms. The maximum Gasteiger partial charge on any atom is 0.261 e. The van der Waals surface area contributed by atoms with Gasteiger partial charge in [-0.05, 0) is 49.8 Å². The van der Waals surface area contributed by atoms with Crippen LogP contribution in [0.3, 0.4) is 0 Å². The van der Waals surface area contributed by atoms with Crippen LogP contribution >= 0.6 is 0 Å². The first-order valence-electron chi connectivity index (χ1n) is 7.94. The second-order valence-electron chi connectivity index (χ2n) is 6.14. The van der Waals surface area contributed by atoms with Crippen LogP contribution in [0, 0.1) is 11.6 Å². The molecular formula is C19H19F2N3O. The van der Waals surface area contributed by atoms with Crippen molar-refractivity contribution in [3.05, 3.63) is 65.9 Å². The Morgan fingerprint density at radius 3 is 2.52 bits per heavy atom. The van der Waals surface area contributed by atoms with Crippen molar-refractivity contribution >= 4 is 22.5 Å². The molecule has 0 atom stereocenters. The minimum atomic E-state index is -0.882. The molecule has 0 spiro atoms. The Bertz CT molecular complexity index is 898. The third kappa shape index (κ3) is 3.69. The monoisotopic (exact) mass is 343 g/mol. The Labute approximate surface area is 144 Å². The molecule has 1 aromatic heterocycles. The van der Waals surface area contributed by atoms with Gasteiger partial charge in [-0.25, -0.2) is 8.78 Å². The number of hydrogen-bond donors (Lipinski definition) is 1. The summed E-state index contributed by atoms with van der Waals surface area (Å²) in [7, 11) is 4.00. The molecule has 0 saturated carbocycles. The molecule has 1 N–H and O–H groups in total. The number of likely N-dealkylation sites (N-methyl/N-ethyl adjacent to an activating group) is 1. The molecule has 0 unspecified atom stereocenters. The van der Waals surface area contributed by atoms with Crippen molar-refractivity contribution in [3.8, 4) is 0 Å². The molecule has 0 aliphatic rings. The second kappa shape index (κ2) is 7.03. The van der Waals surface area contributed by atoms with Crippen molar-refractivity contribution in [1.29, 1.82) is 0 Å². The first kappa shape index (κ1) is 17.1. The van der Waals surface area contributed by atoms with Crippen LogP contribution in [-0.2, 0) is 6.54 Å². The molecule has 0 saturated heterocycles. The Morgan fingerprint density at radius 1 is 1.12 bits per heavy atom. The zero-order chi connectivity index (χ0) is 18.0. The molecule has 4 nitrogen and oxygen atoms in total. The maximum absolute atomic E-state index is 13.7. The van der Waals surface area contributed by atoms with Crippen LogP contribution < -0.4 is 5.32 Å². The molecule has 2 aromatic carbocycles. The summed E-state index contributed by atoms with van der Waals surface area (Å²) in [6.45, 7) is 1.68. The van der Waals surface area contributed by atoms with E-state index in [0.29, 0.717) is 5.69 Å². The van der Waals surface area contributed by atoms with E-state index in [1.165, 1.54) is 6.07 Å². The van der Waals surface area contributed by atoms with Gasteiger partial charge in [-0.15, -0.1) is 0 Å². The fourth-order valence-corrected chi connectivity index (χ4v) is 2.67. The lowest BCUT2D eigenvalue weighted by Crippen LogP contribution is -2.18. The summed E-state index contributed by atoms with van der Waals surface area (Å²) in [6.07, 6.45) is 1.98. The Balaban J connectivity index is 1.86. The molecule has 0 bridgehead atoms. The number of nitrogens with one attached hydrogen (secondary N) is 1. The molecule has 1 amide bonds. The van der Waals surface area contributed by atoms with Gasteiger partial charge in [0.2, 0.25) is 0 Å². The smallest absolute Gasteiger partial charge is 0.261 e. The molecule has 6 heteroatoms. The summed E-state index contributed by atoms with van der Waals surface area (Å²) in [5.41, 5.74) is 0.865. The number of rotatable bonds is 5. The van der Waals surface area contributed by atoms with E-state index in [1.54, 1.807) is 6.07 Å². The third-order valence-electron chi connectivity index (χ3n) is 4.01. The number of carbonyl (C=O) groups excluding carboxylic acids is 1. The molecule has 0 aliphatic heterocycles. The molecule has 0 fully saturated rings. The summed E-state index contributed by atoms with van der Waals surface area (Å²) in [6, 6.07) is 10.7. The highest BCUT2D eigenvalue weighted by Gasteiger charge is 2.17. The second-order valence-corrected chi connectivity index (χ2v) is 6.14. The van der Waals surface area contributed by atoms with Gasteiger partial charge in [0.1, 0.15) is 17.2 Å². The Morgan fingerprint density at radius 2 is 1.84 bits per heavy atom. The zero-order valence-corrected chi connectivity index (χ0v) is 14.1. The number of halogens is 2. The lowest BCUT2D eigenvalue weighted by Gasteiger charge is -2.12. The summed E-state index contributed by atoms with van der Waals surface area (Å²) in [5, 5.41) is 3.61. The van der Waals surface area contributed by atoms with Crippen molar-refractivity contribution in [2.75, 3.05) is 26.0 Å². The molecule has 1 heterocycles. The summed E-state index contributed by atoms with van der Waals surface area (Å²) in [5.74, 6) is -2.57. The van der Waals surface area contributed by atoms with Crippen molar-refractivity contribution in [2.45, 2.75) is 6.54 Å². The van der Waals surface area contributed by atoms with Crippen molar-refractivity contribution < 1.29 is 13.6 Å². The van der Waals surface area contributed by atoms with Gasteiger partial charge >= 0.3 is 0 Å². The highest BCUT2D eigenvalue weighted by Crippen LogP contribution is 2.22. The lowest BCUT2D eigenvalue weighted by molar-refractivity contribution is 0.101. The quantitative estimate of drug-likeness (QED) is 0.766. The number of amides is 1. The van der Waals surface area contributed by atoms with Gasteiger partial charge in [-0.2, -0.15) is 0 Å². The number of aromatic nitrogens is 1. The van der Waals surface area contributed by atoms with E-state index in [-0.39, 0.29) is 0 Å². The van der Waals surface area contributed by atoms with Crippen LogP contribution in [0.5, 0.6) is 0 Å². The number of fused-ring (bicyclic) bond motifs is 1. The summed E-state index contributed by atoms with van der Waals surface area (Å²) >= 11 is 0. The van der Waals surface area contributed by atoms with E-state index < -0.39 is 23.1 Å². The van der Waals surface area contributed by atoms with Crippen LogP contribution in [0.25, 0.3) is 10.9 Å². The first-order valence-corrected chi connectivity index (χ1v) is 7.94. The standard InChI is InChI=1S/C19H19F2N3O/c1-23(2)10-11-24-9-8-13-6-7-14(12-17(13)24)22-19(25)18-15(20)4-3-5-16(18)21/h3-9,12H,10-11H2,1-2H3,(H,22,25). The van der Waals surface area contributed by atoms with Gasteiger partial charge in [0.05, 0.1) is 5.52 Å². The normalized spacial score (nSPS) is 11.2. The summed E-state index contributed by atoms with van der Waals surface area (Å²) in [4.78, 5) is 14.3. The average molecular weight is 343 g/mol. The first-order chi connectivity index (χ1) is 12.0. The maximum atomic E-state index is 13.7. The number of nitrogens with zero attached hydrogens (tertiary/aromatic N) is 2. The minimum absolute atomic E-state index is 0.491. The summed E-state index contributed by atoms with van der Waals surface area (Å²) < 4.78 is 29.6. The van der Waals surface area contributed by atoms with E-state index in [2.05, 4.69) is 14.8 Å². The van der Waals surface area contributed by atoms with Crippen molar-refractivity contribution in [2.24, 2.45) is 0 Å². The highest BCUT2D eigenvalue weighted by molar-refractivity contribution is 6.05. The minimum Gasteiger partial charge on any atom is -0.346 e. The average Bonchev–Trinajstić information content (AvgIpc) is 2.95. The number of anilines is 1. The van der Waals surface area contributed by atoms with Crippen LogP contribution in [0.15, 0.2) is 48.7 Å². The van der Waals surface area contributed by atoms with Crippen molar-refractivity contribution in [3.63, 3.8) is 0 Å². The molecule has 130 valence electrons. The lowest BCUT2D eigenvalue weighted by atomic mass is 10.1. The van der Waals surface area contributed by atoms with E-state index in [4.69, 9.17) is 0 Å². The van der Waals surface area contributed by atoms with E-state index in [9.17, 15) is 13.6 Å². The van der Waals surface area contributed by atoms with Crippen LogP contribution in [-0.4, -0.2) is 36.0 Å². The van der Waals surface area contributed by atoms with Crippen LogP contribution in [0.1, 0.15) is 10.4 Å². The van der Waals surface area contributed by atoms with Gasteiger partial charge in [-0.3, -0.25) is 4.79 Å². The van der Waals surface area contributed by atoms with E-state index >= 15 is 0 Å². The van der Waals surface area contributed by atoms with Gasteiger partial charge in [0.25, 0.3) is 5.91 Å². The Hall–Kier alpha value is -2.73. The predicted molar refractivity (Wildman–Crippen MR) is 94.8 cm³/mol. The molecule has 3 rings (SSSR count). The molecular weight excluding hydrogens is 324 g/mol. The van der Waals surface area contributed by atoms with E-state index in [0.717, 1.165) is 36.1 Å². The molecule has 0 radical (unpaired) electrons. The fraction of sp³-hybridized carbons (Fsp3) is 0.211. The van der Waals surface area contributed by atoms with Gasteiger partial charge in [0.15, 0.2) is 0 Å². The SMILES string of the molecule is CN(C)CCn1ccc2ccc(NC(=O)c3c(F)cccc3F)cc21. The molecule has 0 aliphatic carbocycles. The van der Waals surface area contributed by atoms with Gasteiger partial charge < -0.3 is 14.8 Å².